The van der Waals surface area contributed by atoms with Crippen molar-refractivity contribution in [3.63, 3.8) is 0 Å². The predicted molar refractivity (Wildman–Crippen MR) is 112 cm³/mol. The molecule has 0 aromatic heterocycles. The molecule has 0 unspecified atom stereocenters. The van der Waals surface area contributed by atoms with Crippen LogP contribution in [0.25, 0.3) is 0 Å². The molecule has 0 atom stereocenters. The molecule has 6 nitrogen and oxygen atoms in total. The number of methoxy groups -OCH3 is 1. The summed E-state index contributed by atoms with van der Waals surface area (Å²) in [5.41, 5.74) is 2.92. The standard InChI is InChI=1S/C23H26N2O4/c1-3-5-17-9-12-20(21(14-17)28-2)29-16-22(26)24-15-18-7-10-19(11-8-18)25-13-4-6-23(25)27/h3,7-12,14H,1,4-6,13,15-16H2,2H3,(H,24,26). The first kappa shape index (κ1) is 20.5. The average Bonchev–Trinajstić information content (AvgIpc) is 3.17. The van der Waals surface area contributed by atoms with Gasteiger partial charge in [-0.15, -0.1) is 6.58 Å². The normalized spacial score (nSPS) is 13.3. The van der Waals surface area contributed by atoms with Crippen LogP contribution in [0.1, 0.15) is 24.0 Å². The van der Waals surface area contributed by atoms with Gasteiger partial charge in [-0.25, -0.2) is 0 Å². The average molecular weight is 394 g/mol. The van der Waals surface area contributed by atoms with E-state index < -0.39 is 0 Å². The van der Waals surface area contributed by atoms with E-state index in [2.05, 4.69) is 11.9 Å². The van der Waals surface area contributed by atoms with E-state index in [1.165, 1.54) is 0 Å². The molecule has 152 valence electrons. The topological polar surface area (TPSA) is 67.9 Å². The molecule has 1 aliphatic rings. The van der Waals surface area contributed by atoms with Crippen LogP contribution in [0.3, 0.4) is 0 Å². The summed E-state index contributed by atoms with van der Waals surface area (Å²) in [6.45, 7) is 4.79. The molecule has 0 bridgehead atoms. The van der Waals surface area contributed by atoms with Crippen LogP contribution in [0.2, 0.25) is 0 Å². The zero-order valence-corrected chi connectivity index (χ0v) is 16.6. The second kappa shape index (κ2) is 9.78. The van der Waals surface area contributed by atoms with E-state index in [1.807, 2.05) is 42.5 Å². The van der Waals surface area contributed by atoms with Crippen LogP contribution in [0.5, 0.6) is 11.5 Å². The van der Waals surface area contributed by atoms with Crippen molar-refractivity contribution in [2.24, 2.45) is 0 Å². The van der Waals surface area contributed by atoms with Crippen molar-refractivity contribution in [3.8, 4) is 11.5 Å². The number of amides is 2. The lowest BCUT2D eigenvalue weighted by Gasteiger charge is -2.16. The van der Waals surface area contributed by atoms with Crippen LogP contribution in [-0.2, 0) is 22.6 Å². The molecular weight excluding hydrogens is 368 g/mol. The molecule has 1 N–H and O–H groups in total. The minimum atomic E-state index is -0.221. The van der Waals surface area contributed by atoms with Gasteiger partial charge < -0.3 is 19.7 Å². The number of carbonyl (C=O) groups excluding carboxylic acids is 2. The lowest BCUT2D eigenvalue weighted by molar-refractivity contribution is -0.123. The molecule has 1 heterocycles. The molecule has 6 heteroatoms. The SMILES string of the molecule is C=CCc1ccc(OCC(=O)NCc2ccc(N3CCCC3=O)cc2)c(OC)c1. The number of ether oxygens (including phenoxy) is 2. The molecule has 2 amide bonds. The molecule has 3 rings (SSSR count). The number of allylic oxidation sites excluding steroid dienone is 1. The maximum absolute atomic E-state index is 12.1. The van der Waals surface area contributed by atoms with Crippen molar-refractivity contribution in [1.29, 1.82) is 0 Å². The molecule has 1 aliphatic heterocycles. The van der Waals surface area contributed by atoms with Crippen molar-refractivity contribution < 1.29 is 19.1 Å². The molecule has 29 heavy (non-hydrogen) atoms. The Bertz CT molecular complexity index is 877. The Morgan fingerprint density at radius 1 is 1.17 bits per heavy atom. The molecule has 1 saturated heterocycles. The van der Waals surface area contributed by atoms with E-state index >= 15 is 0 Å². The Balaban J connectivity index is 1.49. The molecule has 0 spiro atoms. The van der Waals surface area contributed by atoms with Crippen LogP contribution in [0.4, 0.5) is 5.69 Å². The van der Waals surface area contributed by atoms with Crippen LogP contribution >= 0.6 is 0 Å². The summed E-state index contributed by atoms with van der Waals surface area (Å²) in [5, 5.41) is 2.84. The molecule has 1 fully saturated rings. The van der Waals surface area contributed by atoms with Gasteiger partial charge in [-0.2, -0.15) is 0 Å². The third kappa shape index (κ3) is 5.38. The van der Waals surface area contributed by atoms with Gasteiger partial charge in [0.1, 0.15) is 0 Å². The number of rotatable bonds is 9. The molecule has 0 radical (unpaired) electrons. The first-order valence-electron chi connectivity index (χ1n) is 9.67. The number of carbonyl (C=O) groups is 2. The summed E-state index contributed by atoms with van der Waals surface area (Å²) in [4.78, 5) is 25.7. The zero-order chi connectivity index (χ0) is 20.6. The van der Waals surface area contributed by atoms with Gasteiger partial charge >= 0.3 is 0 Å². The Labute approximate surface area is 171 Å². The van der Waals surface area contributed by atoms with E-state index in [0.717, 1.165) is 36.2 Å². The molecule has 2 aromatic rings. The van der Waals surface area contributed by atoms with Crippen molar-refractivity contribution in [2.45, 2.75) is 25.8 Å². The van der Waals surface area contributed by atoms with Gasteiger partial charge in [-0.3, -0.25) is 9.59 Å². The van der Waals surface area contributed by atoms with Gasteiger partial charge in [0, 0.05) is 25.2 Å². The van der Waals surface area contributed by atoms with E-state index in [1.54, 1.807) is 18.1 Å². The largest absolute Gasteiger partial charge is 0.493 e. The van der Waals surface area contributed by atoms with Crippen molar-refractivity contribution >= 4 is 17.5 Å². The van der Waals surface area contributed by atoms with Gasteiger partial charge in [-0.1, -0.05) is 24.3 Å². The van der Waals surface area contributed by atoms with Gasteiger partial charge in [0.05, 0.1) is 7.11 Å². The quantitative estimate of drug-likeness (QED) is 0.663. The highest BCUT2D eigenvalue weighted by Gasteiger charge is 2.21. The van der Waals surface area contributed by atoms with Gasteiger partial charge in [-0.05, 0) is 48.2 Å². The third-order valence-corrected chi connectivity index (χ3v) is 4.78. The van der Waals surface area contributed by atoms with E-state index in [9.17, 15) is 9.59 Å². The number of benzene rings is 2. The highest BCUT2D eigenvalue weighted by molar-refractivity contribution is 5.95. The maximum atomic E-state index is 12.1. The second-order valence-electron chi connectivity index (χ2n) is 6.86. The number of anilines is 1. The fourth-order valence-corrected chi connectivity index (χ4v) is 3.23. The van der Waals surface area contributed by atoms with Crippen molar-refractivity contribution in [1.82, 2.24) is 5.32 Å². The fraction of sp³-hybridized carbons (Fsp3) is 0.304. The Hall–Kier alpha value is -3.28. The number of nitrogens with one attached hydrogen (secondary N) is 1. The van der Waals surface area contributed by atoms with Gasteiger partial charge in [0.2, 0.25) is 5.91 Å². The first-order chi connectivity index (χ1) is 14.1. The lowest BCUT2D eigenvalue weighted by Crippen LogP contribution is -2.28. The summed E-state index contributed by atoms with van der Waals surface area (Å²) in [7, 11) is 1.57. The zero-order valence-electron chi connectivity index (χ0n) is 16.6. The van der Waals surface area contributed by atoms with Crippen LogP contribution < -0.4 is 19.7 Å². The predicted octanol–water partition coefficient (Wildman–Crippen LogP) is 3.25. The number of nitrogens with zero attached hydrogens (tertiary/aromatic N) is 1. The molecule has 0 aliphatic carbocycles. The third-order valence-electron chi connectivity index (χ3n) is 4.78. The lowest BCUT2D eigenvalue weighted by atomic mass is 10.1. The summed E-state index contributed by atoms with van der Waals surface area (Å²) in [5.74, 6) is 1.05. The summed E-state index contributed by atoms with van der Waals surface area (Å²) < 4.78 is 10.9. The Morgan fingerprint density at radius 3 is 2.59 bits per heavy atom. The van der Waals surface area contributed by atoms with Gasteiger partial charge in [0.15, 0.2) is 18.1 Å². The highest BCUT2D eigenvalue weighted by Crippen LogP contribution is 2.28. The smallest absolute Gasteiger partial charge is 0.258 e. The monoisotopic (exact) mass is 394 g/mol. The van der Waals surface area contributed by atoms with Crippen molar-refractivity contribution in [3.05, 3.63) is 66.2 Å². The van der Waals surface area contributed by atoms with Crippen LogP contribution in [0.15, 0.2) is 55.1 Å². The Morgan fingerprint density at radius 2 is 1.93 bits per heavy atom. The van der Waals surface area contributed by atoms with Crippen LogP contribution in [-0.4, -0.2) is 32.1 Å². The van der Waals surface area contributed by atoms with Crippen LogP contribution in [0, 0.1) is 0 Å². The summed E-state index contributed by atoms with van der Waals surface area (Å²) in [6, 6.07) is 13.3. The second-order valence-corrected chi connectivity index (χ2v) is 6.86. The maximum Gasteiger partial charge on any atom is 0.258 e. The Kier molecular flexibility index (Phi) is 6.89. The number of hydrogen-bond acceptors (Lipinski definition) is 4. The van der Waals surface area contributed by atoms with E-state index in [0.29, 0.717) is 24.5 Å². The molecule has 2 aromatic carbocycles. The van der Waals surface area contributed by atoms with Gasteiger partial charge in [0.25, 0.3) is 5.91 Å². The first-order valence-corrected chi connectivity index (χ1v) is 9.67. The highest BCUT2D eigenvalue weighted by atomic mass is 16.5. The minimum absolute atomic E-state index is 0.0997. The molecule has 0 saturated carbocycles. The molecular formula is C23H26N2O4. The van der Waals surface area contributed by atoms with E-state index in [-0.39, 0.29) is 18.4 Å². The summed E-state index contributed by atoms with van der Waals surface area (Å²) >= 11 is 0. The van der Waals surface area contributed by atoms with Crippen molar-refractivity contribution in [2.75, 3.05) is 25.2 Å². The van der Waals surface area contributed by atoms with E-state index in [4.69, 9.17) is 9.47 Å². The fourth-order valence-electron chi connectivity index (χ4n) is 3.23. The summed E-state index contributed by atoms with van der Waals surface area (Å²) in [6.07, 6.45) is 4.07. The minimum Gasteiger partial charge on any atom is -0.493 e. The number of hydrogen-bond donors (Lipinski definition) is 1.